The first-order chi connectivity index (χ1) is 14.5. The molecule has 0 aliphatic rings. The van der Waals surface area contributed by atoms with Crippen molar-refractivity contribution in [2.75, 3.05) is 0 Å². The predicted octanol–water partition coefficient (Wildman–Crippen LogP) is 6.91. The lowest BCUT2D eigenvalue weighted by Gasteiger charge is -2.36. The summed E-state index contributed by atoms with van der Waals surface area (Å²) in [5.41, 5.74) is 4.02. The van der Waals surface area contributed by atoms with E-state index in [0.717, 1.165) is 35.3 Å². The van der Waals surface area contributed by atoms with Crippen LogP contribution in [0, 0.1) is 5.82 Å². The summed E-state index contributed by atoms with van der Waals surface area (Å²) in [6.07, 6.45) is 0.759. The molecule has 31 heavy (non-hydrogen) atoms. The first kappa shape index (κ1) is 23.4. The van der Waals surface area contributed by atoms with Crippen LogP contribution >= 0.6 is 0 Å². The molecule has 1 aromatic heterocycles. The normalized spacial score (nSPS) is 12.5. The predicted molar refractivity (Wildman–Crippen MR) is 131 cm³/mol. The molecule has 0 radical (unpaired) electrons. The molecule has 0 aliphatic carbocycles. The molecule has 166 valence electrons. The summed E-state index contributed by atoms with van der Waals surface area (Å²) in [5, 5.41) is 0.591. The van der Waals surface area contributed by atoms with Gasteiger partial charge in [0.25, 0.3) is 0 Å². The molecule has 0 amide bonds. The van der Waals surface area contributed by atoms with Gasteiger partial charge in [-0.1, -0.05) is 52.0 Å². The van der Waals surface area contributed by atoms with Crippen molar-refractivity contribution in [3.05, 3.63) is 69.8 Å². The van der Waals surface area contributed by atoms with Gasteiger partial charge in [0.05, 0.1) is 12.1 Å². The van der Waals surface area contributed by atoms with E-state index < -0.39 is 8.32 Å². The standard InChI is InChI=1S/C26H34FNO2Si/c1-8-20-14-25(29)22-15-23(27)21(16-24(22)28(20)9-2)19-12-10-18(11-13-19)17-30-31(6,7)26(3,4)5/h10-16H,8-9,17H2,1-7H3. The maximum Gasteiger partial charge on any atom is 0.192 e. The molecule has 0 saturated heterocycles. The van der Waals surface area contributed by atoms with Crippen LogP contribution < -0.4 is 5.43 Å². The smallest absolute Gasteiger partial charge is 0.192 e. The van der Waals surface area contributed by atoms with Crippen LogP contribution in [0.1, 0.15) is 45.9 Å². The number of fused-ring (bicyclic) bond motifs is 1. The molecule has 3 nitrogen and oxygen atoms in total. The molecule has 3 rings (SSSR count). The zero-order chi connectivity index (χ0) is 23.0. The highest BCUT2D eigenvalue weighted by atomic mass is 28.4. The second kappa shape index (κ2) is 8.71. The van der Waals surface area contributed by atoms with Crippen molar-refractivity contribution in [3.63, 3.8) is 0 Å². The Bertz CT molecular complexity index is 1140. The highest BCUT2D eigenvalue weighted by Gasteiger charge is 2.37. The number of rotatable bonds is 6. The maximum absolute atomic E-state index is 15.0. The topological polar surface area (TPSA) is 31.2 Å². The highest BCUT2D eigenvalue weighted by Crippen LogP contribution is 2.37. The zero-order valence-corrected chi connectivity index (χ0v) is 20.8. The molecule has 0 atom stereocenters. The SMILES string of the molecule is CCc1cc(=O)c2cc(F)c(-c3ccc(CO[Si](C)(C)C(C)(C)C)cc3)cc2n1CC. The van der Waals surface area contributed by atoms with Gasteiger partial charge in [-0.3, -0.25) is 4.79 Å². The Balaban J connectivity index is 1.97. The van der Waals surface area contributed by atoms with Gasteiger partial charge >= 0.3 is 0 Å². The lowest BCUT2D eigenvalue weighted by molar-refractivity contribution is 0.276. The molecule has 0 aliphatic heterocycles. The molecule has 0 fully saturated rings. The number of aryl methyl sites for hydroxylation is 2. The molecule has 5 heteroatoms. The van der Waals surface area contributed by atoms with Crippen LogP contribution in [0.3, 0.4) is 0 Å². The largest absolute Gasteiger partial charge is 0.413 e. The summed E-state index contributed by atoms with van der Waals surface area (Å²) >= 11 is 0. The Labute approximate surface area is 186 Å². The summed E-state index contributed by atoms with van der Waals surface area (Å²) in [7, 11) is -1.82. The monoisotopic (exact) mass is 439 g/mol. The van der Waals surface area contributed by atoms with Crippen LogP contribution in [0.15, 0.2) is 47.3 Å². The van der Waals surface area contributed by atoms with Crippen LogP contribution in [0.2, 0.25) is 18.1 Å². The molecular weight excluding hydrogens is 405 g/mol. The van der Waals surface area contributed by atoms with Crippen molar-refractivity contribution in [2.24, 2.45) is 0 Å². The third kappa shape index (κ3) is 4.68. The molecule has 1 heterocycles. The van der Waals surface area contributed by atoms with E-state index >= 15 is 0 Å². The average Bonchev–Trinajstić information content (AvgIpc) is 2.71. The van der Waals surface area contributed by atoms with E-state index in [1.165, 1.54) is 6.07 Å². The van der Waals surface area contributed by atoms with Gasteiger partial charge in [-0.2, -0.15) is 0 Å². The van der Waals surface area contributed by atoms with Crippen LogP contribution in [0.25, 0.3) is 22.0 Å². The van der Waals surface area contributed by atoms with Crippen LogP contribution in [-0.4, -0.2) is 12.9 Å². The van der Waals surface area contributed by atoms with Gasteiger partial charge in [0.1, 0.15) is 5.82 Å². The Hall–Kier alpha value is -2.24. The van der Waals surface area contributed by atoms with Crippen LogP contribution in [-0.2, 0) is 24.0 Å². The Kier molecular flexibility index (Phi) is 6.58. The number of hydrogen-bond donors (Lipinski definition) is 0. The fraction of sp³-hybridized carbons (Fsp3) is 0.423. The molecule has 2 aromatic carbocycles. The fourth-order valence-corrected chi connectivity index (χ4v) is 4.55. The molecule has 0 bridgehead atoms. The molecule has 0 N–H and O–H groups in total. The van der Waals surface area contributed by atoms with Crippen molar-refractivity contribution >= 4 is 19.2 Å². The van der Waals surface area contributed by atoms with Crippen LogP contribution in [0.4, 0.5) is 4.39 Å². The lowest BCUT2D eigenvalue weighted by Crippen LogP contribution is -2.40. The second-order valence-corrected chi connectivity index (χ2v) is 14.5. The van der Waals surface area contributed by atoms with Crippen molar-refractivity contribution in [1.29, 1.82) is 0 Å². The van der Waals surface area contributed by atoms with E-state index in [2.05, 4.69) is 38.4 Å². The minimum atomic E-state index is -1.82. The molecular formula is C26H34FNO2Si. The summed E-state index contributed by atoms with van der Waals surface area (Å²) in [4.78, 5) is 12.5. The van der Waals surface area contributed by atoms with E-state index in [1.54, 1.807) is 6.07 Å². The van der Waals surface area contributed by atoms with Gasteiger partial charge in [-0.25, -0.2) is 4.39 Å². The van der Waals surface area contributed by atoms with E-state index in [0.29, 0.717) is 17.6 Å². The Morgan fingerprint density at radius 1 is 1.03 bits per heavy atom. The van der Waals surface area contributed by atoms with E-state index in [4.69, 9.17) is 4.43 Å². The van der Waals surface area contributed by atoms with E-state index in [-0.39, 0.29) is 16.3 Å². The number of pyridine rings is 1. The van der Waals surface area contributed by atoms with Gasteiger partial charge in [-0.15, -0.1) is 0 Å². The first-order valence-electron chi connectivity index (χ1n) is 11.1. The van der Waals surface area contributed by atoms with Crippen molar-refractivity contribution in [1.82, 2.24) is 4.57 Å². The number of benzene rings is 2. The van der Waals surface area contributed by atoms with Crippen molar-refractivity contribution < 1.29 is 8.82 Å². The average molecular weight is 440 g/mol. The summed E-state index contributed by atoms with van der Waals surface area (Å²) in [6.45, 7) is 16.5. The Morgan fingerprint density at radius 2 is 1.68 bits per heavy atom. The minimum absolute atomic E-state index is 0.125. The maximum atomic E-state index is 15.0. The third-order valence-corrected chi connectivity index (χ3v) is 11.1. The van der Waals surface area contributed by atoms with Crippen molar-refractivity contribution in [3.8, 4) is 11.1 Å². The minimum Gasteiger partial charge on any atom is -0.413 e. The van der Waals surface area contributed by atoms with Gasteiger partial charge in [0, 0.05) is 29.3 Å². The molecule has 0 spiro atoms. The summed E-state index contributed by atoms with van der Waals surface area (Å²) in [6, 6.07) is 12.7. The molecule has 3 aromatic rings. The first-order valence-corrected chi connectivity index (χ1v) is 14.0. The molecule has 0 unspecified atom stereocenters. The lowest BCUT2D eigenvalue weighted by atomic mass is 10.0. The zero-order valence-electron chi connectivity index (χ0n) is 19.8. The quantitative estimate of drug-likeness (QED) is 0.391. The summed E-state index contributed by atoms with van der Waals surface area (Å²) in [5.74, 6) is -0.373. The number of halogens is 1. The van der Waals surface area contributed by atoms with Gasteiger partial charge in [-0.05, 0) is 54.7 Å². The molecule has 0 saturated carbocycles. The van der Waals surface area contributed by atoms with Crippen LogP contribution in [0.5, 0.6) is 0 Å². The third-order valence-electron chi connectivity index (χ3n) is 6.64. The van der Waals surface area contributed by atoms with Gasteiger partial charge < -0.3 is 8.99 Å². The fourth-order valence-electron chi connectivity index (χ4n) is 3.59. The second-order valence-electron chi connectivity index (χ2n) is 9.69. The van der Waals surface area contributed by atoms with Gasteiger partial charge in [0.15, 0.2) is 13.7 Å². The highest BCUT2D eigenvalue weighted by molar-refractivity contribution is 6.74. The number of hydrogen-bond acceptors (Lipinski definition) is 2. The Morgan fingerprint density at radius 3 is 2.23 bits per heavy atom. The summed E-state index contributed by atoms with van der Waals surface area (Å²) < 4.78 is 23.4. The van der Waals surface area contributed by atoms with Gasteiger partial charge in [0.2, 0.25) is 0 Å². The number of nitrogens with zero attached hydrogens (tertiary/aromatic N) is 1. The van der Waals surface area contributed by atoms with E-state index in [9.17, 15) is 9.18 Å². The number of aromatic nitrogens is 1. The van der Waals surface area contributed by atoms with E-state index in [1.807, 2.05) is 44.2 Å². The van der Waals surface area contributed by atoms with Crippen molar-refractivity contribution in [2.45, 2.75) is 72.3 Å².